The van der Waals surface area contributed by atoms with Crippen LogP contribution in [0.5, 0.6) is 0 Å². The molecule has 1 aliphatic heterocycles. The number of halogens is 1. The molecule has 1 unspecified atom stereocenters. The van der Waals surface area contributed by atoms with Crippen LogP contribution in [0, 0.1) is 0 Å². The molecule has 1 heterocycles. The van der Waals surface area contributed by atoms with E-state index >= 15 is 0 Å². The Morgan fingerprint density at radius 1 is 1.38 bits per heavy atom. The molecule has 0 spiro atoms. The van der Waals surface area contributed by atoms with Gasteiger partial charge in [0.05, 0.1) is 0 Å². The lowest BCUT2D eigenvalue weighted by Crippen LogP contribution is -2.40. The van der Waals surface area contributed by atoms with Crippen LogP contribution < -0.4 is 0 Å². The highest BCUT2D eigenvalue weighted by molar-refractivity contribution is 6.17. The first-order valence-corrected chi connectivity index (χ1v) is 6.71. The molecule has 1 aliphatic rings. The number of amides is 1. The van der Waals surface area contributed by atoms with E-state index in [1.165, 1.54) is 0 Å². The van der Waals surface area contributed by atoms with Crippen molar-refractivity contribution in [1.82, 2.24) is 4.90 Å². The topological polar surface area (TPSA) is 29.5 Å². The van der Waals surface area contributed by atoms with E-state index in [4.69, 9.17) is 16.3 Å². The van der Waals surface area contributed by atoms with Gasteiger partial charge in [0.1, 0.15) is 6.10 Å². The highest BCUT2D eigenvalue weighted by atomic mass is 35.5. The number of alkyl halides is 1. The Labute approximate surface area is 103 Å². The Morgan fingerprint density at radius 3 is 2.81 bits per heavy atom. The van der Waals surface area contributed by atoms with Crippen molar-refractivity contribution in [2.75, 3.05) is 26.1 Å². The predicted octanol–water partition coefficient (Wildman–Crippen LogP) is 2.42. The zero-order chi connectivity index (χ0) is 11.8. The molecule has 0 radical (unpaired) electrons. The number of unbranched alkanes of at least 4 members (excludes halogenated alkanes) is 2. The number of carbonyl (C=O) groups excluding carboxylic acids is 1. The molecule has 1 saturated heterocycles. The van der Waals surface area contributed by atoms with Gasteiger partial charge in [-0.05, 0) is 32.1 Å². The van der Waals surface area contributed by atoms with Crippen molar-refractivity contribution in [2.45, 2.75) is 44.6 Å². The van der Waals surface area contributed by atoms with Crippen LogP contribution in [0.4, 0.5) is 0 Å². The van der Waals surface area contributed by atoms with Crippen LogP contribution in [0.2, 0.25) is 0 Å². The van der Waals surface area contributed by atoms with Gasteiger partial charge >= 0.3 is 0 Å². The molecule has 1 fully saturated rings. The van der Waals surface area contributed by atoms with Gasteiger partial charge < -0.3 is 9.64 Å². The van der Waals surface area contributed by atoms with Crippen molar-refractivity contribution < 1.29 is 9.53 Å². The van der Waals surface area contributed by atoms with Gasteiger partial charge in [-0.1, -0.05) is 6.42 Å². The average Bonchev–Trinajstić information content (AvgIpc) is 2.34. The molecule has 1 amide bonds. The summed E-state index contributed by atoms with van der Waals surface area (Å²) in [4.78, 5) is 13.7. The second-order valence-corrected chi connectivity index (χ2v) is 4.74. The lowest BCUT2D eigenvalue weighted by molar-refractivity contribution is -0.145. The van der Waals surface area contributed by atoms with E-state index in [0.717, 1.165) is 51.7 Å². The van der Waals surface area contributed by atoms with Crippen molar-refractivity contribution in [2.24, 2.45) is 0 Å². The summed E-state index contributed by atoms with van der Waals surface area (Å²) in [5, 5.41) is 0. The zero-order valence-electron chi connectivity index (χ0n) is 10.1. The number of likely N-dealkylation sites (N-methyl/N-ethyl adjacent to an activating group) is 1. The van der Waals surface area contributed by atoms with Gasteiger partial charge in [-0.3, -0.25) is 4.79 Å². The zero-order valence-corrected chi connectivity index (χ0v) is 10.8. The summed E-state index contributed by atoms with van der Waals surface area (Å²) in [5.74, 6) is 0.856. The SMILES string of the molecule is CN(CCCCCCl)C(=O)C1CCCCO1. The third kappa shape index (κ3) is 4.71. The van der Waals surface area contributed by atoms with Gasteiger partial charge in [-0.2, -0.15) is 0 Å². The van der Waals surface area contributed by atoms with Gasteiger partial charge in [0.25, 0.3) is 5.91 Å². The molecule has 1 atom stereocenters. The van der Waals surface area contributed by atoms with Crippen LogP contribution in [-0.2, 0) is 9.53 Å². The van der Waals surface area contributed by atoms with Crippen LogP contribution in [0.25, 0.3) is 0 Å². The highest BCUT2D eigenvalue weighted by Gasteiger charge is 2.24. The number of carbonyl (C=O) groups is 1. The number of rotatable bonds is 6. The van der Waals surface area contributed by atoms with E-state index in [2.05, 4.69) is 0 Å². The summed E-state index contributed by atoms with van der Waals surface area (Å²) in [7, 11) is 1.86. The summed E-state index contributed by atoms with van der Waals surface area (Å²) >= 11 is 5.60. The van der Waals surface area contributed by atoms with E-state index in [1.807, 2.05) is 7.05 Å². The predicted molar refractivity (Wildman–Crippen MR) is 65.8 cm³/mol. The molecular weight excluding hydrogens is 226 g/mol. The lowest BCUT2D eigenvalue weighted by atomic mass is 10.1. The van der Waals surface area contributed by atoms with E-state index in [1.54, 1.807) is 4.90 Å². The van der Waals surface area contributed by atoms with Gasteiger partial charge in [0.2, 0.25) is 0 Å². The molecule has 94 valence electrons. The molecule has 3 nitrogen and oxygen atoms in total. The standard InChI is InChI=1S/C12H22ClNO2/c1-14(9-5-2-4-8-13)12(15)11-7-3-6-10-16-11/h11H,2-10H2,1H3. The number of nitrogens with zero attached hydrogens (tertiary/aromatic N) is 1. The fourth-order valence-electron chi connectivity index (χ4n) is 1.91. The second kappa shape index (κ2) is 7.91. The second-order valence-electron chi connectivity index (χ2n) is 4.36. The van der Waals surface area contributed by atoms with E-state index in [9.17, 15) is 4.79 Å². The van der Waals surface area contributed by atoms with Crippen molar-refractivity contribution in [1.29, 1.82) is 0 Å². The Hall–Kier alpha value is -0.280. The number of hydrogen-bond acceptors (Lipinski definition) is 2. The normalized spacial score (nSPS) is 20.8. The van der Waals surface area contributed by atoms with Crippen LogP contribution in [0.1, 0.15) is 38.5 Å². The Balaban J connectivity index is 2.18. The van der Waals surface area contributed by atoms with Crippen molar-refractivity contribution in [3.8, 4) is 0 Å². The first-order chi connectivity index (χ1) is 7.75. The van der Waals surface area contributed by atoms with Gasteiger partial charge in [-0.15, -0.1) is 11.6 Å². The number of ether oxygens (including phenoxy) is 1. The van der Waals surface area contributed by atoms with Crippen molar-refractivity contribution in [3.05, 3.63) is 0 Å². The summed E-state index contributed by atoms with van der Waals surface area (Å²) in [6.45, 7) is 1.55. The van der Waals surface area contributed by atoms with Gasteiger partial charge in [0.15, 0.2) is 0 Å². The first-order valence-electron chi connectivity index (χ1n) is 6.18. The summed E-state index contributed by atoms with van der Waals surface area (Å²) < 4.78 is 5.48. The lowest BCUT2D eigenvalue weighted by Gasteiger charge is -2.26. The van der Waals surface area contributed by atoms with E-state index in [0.29, 0.717) is 5.88 Å². The summed E-state index contributed by atoms with van der Waals surface area (Å²) in [6.07, 6.45) is 6.04. The maximum Gasteiger partial charge on any atom is 0.251 e. The Kier molecular flexibility index (Phi) is 6.81. The molecule has 4 heteroatoms. The van der Waals surface area contributed by atoms with Gasteiger partial charge in [0, 0.05) is 26.1 Å². The highest BCUT2D eigenvalue weighted by Crippen LogP contribution is 2.14. The third-order valence-corrected chi connectivity index (χ3v) is 3.23. The molecule has 0 aromatic heterocycles. The summed E-state index contributed by atoms with van der Waals surface area (Å²) in [5.41, 5.74) is 0. The summed E-state index contributed by atoms with van der Waals surface area (Å²) in [6, 6.07) is 0. The van der Waals surface area contributed by atoms with E-state index in [-0.39, 0.29) is 12.0 Å². The van der Waals surface area contributed by atoms with Crippen LogP contribution >= 0.6 is 11.6 Å². The maximum atomic E-state index is 11.9. The molecule has 0 aliphatic carbocycles. The smallest absolute Gasteiger partial charge is 0.251 e. The van der Waals surface area contributed by atoms with Crippen LogP contribution in [0.15, 0.2) is 0 Å². The fourth-order valence-corrected chi connectivity index (χ4v) is 2.10. The molecule has 1 rings (SSSR count). The monoisotopic (exact) mass is 247 g/mol. The minimum atomic E-state index is -0.188. The molecule has 0 bridgehead atoms. The first kappa shape index (κ1) is 13.8. The van der Waals surface area contributed by atoms with Gasteiger partial charge in [-0.25, -0.2) is 0 Å². The molecular formula is C12H22ClNO2. The van der Waals surface area contributed by atoms with Crippen LogP contribution in [0.3, 0.4) is 0 Å². The average molecular weight is 248 g/mol. The maximum absolute atomic E-state index is 11.9. The molecule has 16 heavy (non-hydrogen) atoms. The minimum Gasteiger partial charge on any atom is -0.368 e. The van der Waals surface area contributed by atoms with E-state index < -0.39 is 0 Å². The Bertz CT molecular complexity index is 205. The molecule has 0 aromatic rings. The minimum absolute atomic E-state index is 0.144. The van der Waals surface area contributed by atoms with Crippen LogP contribution in [-0.4, -0.2) is 43.0 Å². The van der Waals surface area contributed by atoms with Crippen molar-refractivity contribution >= 4 is 17.5 Å². The quantitative estimate of drug-likeness (QED) is 0.533. The third-order valence-electron chi connectivity index (χ3n) is 2.96. The molecule has 0 aromatic carbocycles. The van der Waals surface area contributed by atoms with Crippen molar-refractivity contribution in [3.63, 3.8) is 0 Å². The molecule has 0 N–H and O–H groups in total. The fraction of sp³-hybridized carbons (Fsp3) is 0.917. The number of hydrogen-bond donors (Lipinski definition) is 0. The molecule has 0 saturated carbocycles. The largest absolute Gasteiger partial charge is 0.368 e. The Morgan fingerprint density at radius 2 is 2.19 bits per heavy atom.